The molecular formula is C12H21ClN4. The predicted molar refractivity (Wildman–Crippen MR) is 73.0 cm³/mol. The summed E-state index contributed by atoms with van der Waals surface area (Å²) in [5.41, 5.74) is 2.08. The van der Waals surface area contributed by atoms with Gasteiger partial charge in [-0.1, -0.05) is 0 Å². The summed E-state index contributed by atoms with van der Waals surface area (Å²) in [6, 6.07) is 2.53. The molecule has 2 rings (SSSR count). The van der Waals surface area contributed by atoms with Gasteiger partial charge < -0.3 is 10.2 Å². The van der Waals surface area contributed by atoms with Crippen molar-refractivity contribution in [2.24, 2.45) is 0 Å². The van der Waals surface area contributed by atoms with Gasteiger partial charge in [0.25, 0.3) is 0 Å². The molecule has 0 amide bonds. The molecule has 4 nitrogen and oxygen atoms in total. The fourth-order valence-corrected chi connectivity index (χ4v) is 2.19. The van der Waals surface area contributed by atoms with Crippen LogP contribution in [0.5, 0.6) is 0 Å². The maximum Gasteiger partial charge on any atom is 0.225 e. The van der Waals surface area contributed by atoms with E-state index >= 15 is 0 Å². The standard InChI is InChI=1S/C12H20N4.ClH/c1-9-7-10(2)15-12(14-9)16(3)11-5-4-6-13-8-11;/h7,11,13H,4-6,8H2,1-3H3;1H/t11-;/m1./s1. The van der Waals surface area contributed by atoms with Crippen molar-refractivity contribution in [3.8, 4) is 0 Å². The monoisotopic (exact) mass is 256 g/mol. The van der Waals surface area contributed by atoms with Gasteiger partial charge in [-0.3, -0.25) is 0 Å². The molecule has 0 aromatic carbocycles. The van der Waals surface area contributed by atoms with Crippen molar-refractivity contribution in [3.05, 3.63) is 17.5 Å². The smallest absolute Gasteiger partial charge is 0.225 e. The zero-order valence-corrected chi connectivity index (χ0v) is 11.5. The number of piperidine rings is 1. The van der Waals surface area contributed by atoms with E-state index in [4.69, 9.17) is 0 Å². The van der Waals surface area contributed by atoms with E-state index in [1.807, 2.05) is 19.9 Å². The van der Waals surface area contributed by atoms with E-state index in [2.05, 4.69) is 27.2 Å². The highest BCUT2D eigenvalue weighted by atomic mass is 35.5. The minimum absolute atomic E-state index is 0. The van der Waals surface area contributed by atoms with Crippen molar-refractivity contribution >= 4 is 18.4 Å². The van der Waals surface area contributed by atoms with Gasteiger partial charge >= 0.3 is 0 Å². The van der Waals surface area contributed by atoms with E-state index < -0.39 is 0 Å². The molecule has 1 N–H and O–H groups in total. The van der Waals surface area contributed by atoms with Crippen molar-refractivity contribution in [2.75, 3.05) is 25.0 Å². The number of hydrogen-bond donors (Lipinski definition) is 1. The number of likely N-dealkylation sites (N-methyl/N-ethyl adjacent to an activating group) is 1. The summed E-state index contributed by atoms with van der Waals surface area (Å²) in [5, 5.41) is 3.42. The molecule has 1 fully saturated rings. The minimum Gasteiger partial charge on any atom is -0.340 e. The van der Waals surface area contributed by atoms with Gasteiger partial charge in [0.1, 0.15) is 0 Å². The summed E-state index contributed by atoms with van der Waals surface area (Å²) in [6.45, 7) is 6.21. The minimum atomic E-state index is 0. The Morgan fingerprint density at radius 3 is 2.47 bits per heavy atom. The van der Waals surface area contributed by atoms with Crippen LogP contribution in [0, 0.1) is 13.8 Å². The molecule has 1 atom stereocenters. The predicted octanol–water partition coefficient (Wildman–Crippen LogP) is 1.70. The highest BCUT2D eigenvalue weighted by Crippen LogP contribution is 2.15. The van der Waals surface area contributed by atoms with Crippen molar-refractivity contribution in [2.45, 2.75) is 32.7 Å². The molecular weight excluding hydrogens is 236 g/mol. The number of nitrogens with zero attached hydrogens (tertiary/aromatic N) is 3. The van der Waals surface area contributed by atoms with Crippen LogP contribution in [0.3, 0.4) is 0 Å². The summed E-state index contributed by atoms with van der Waals surface area (Å²) in [7, 11) is 2.09. The number of halogens is 1. The van der Waals surface area contributed by atoms with Gasteiger partial charge in [0.05, 0.1) is 0 Å². The molecule has 0 bridgehead atoms. The van der Waals surface area contributed by atoms with E-state index in [1.165, 1.54) is 12.8 Å². The molecule has 2 heterocycles. The highest BCUT2D eigenvalue weighted by Gasteiger charge is 2.19. The topological polar surface area (TPSA) is 41.1 Å². The lowest BCUT2D eigenvalue weighted by molar-refractivity contribution is 0.441. The third-order valence-corrected chi connectivity index (χ3v) is 3.10. The molecule has 0 spiro atoms. The molecule has 0 unspecified atom stereocenters. The Labute approximate surface area is 109 Å². The van der Waals surface area contributed by atoms with Gasteiger partial charge in [-0.15, -0.1) is 12.4 Å². The first-order valence-electron chi connectivity index (χ1n) is 5.92. The molecule has 17 heavy (non-hydrogen) atoms. The summed E-state index contributed by atoms with van der Waals surface area (Å²) in [6.07, 6.45) is 2.46. The van der Waals surface area contributed by atoms with Gasteiger partial charge in [0.15, 0.2) is 0 Å². The second kappa shape index (κ2) is 6.17. The Morgan fingerprint density at radius 2 is 1.94 bits per heavy atom. The Kier molecular flexibility index (Phi) is 5.15. The van der Waals surface area contributed by atoms with E-state index in [1.54, 1.807) is 0 Å². The van der Waals surface area contributed by atoms with Gasteiger partial charge in [-0.05, 0) is 39.3 Å². The first-order valence-corrected chi connectivity index (χ1v) is 5.92. The first kappa shape index (κ1) is 14.2. The van der Waals surface area contributed by atoms with Crippen molar-refractivity contribution in [1.82, 2.24) is 15.3 Å². The fourth-order valence-electron chi connectivity index (χ4n) is 2.19. The molecule has 0 radical (unpaired) electrons. The van der Waals surface area contributed by atoms with Crippen molar-refractivity contribution in [3.63, 3.8) is 0 Å². The second-order valence-electron chi connectivity index (χ2n) is 4.56. The van der Waals surface area contributed by atoms with E-state index in [0.29, 0.717) is 6.04 Å². The Morgan fingerprint density at radius 1 is 1.29 bits per heavy atom. The third-order valence-electron chi connectivity index (χ3n) is 3.10. The molecule has 0 saturated carbocycles. The number of rotatable bonds is 2. The zero-order valence-electron chi connectivity index (χ0n) is 10.7. The number of hydrogen-bond acceptors (Lipinski definition) is 4. The molecule has 1 saturated heterocycles. The highest BCUT2D eigenvalue weighted by molar-refractivity contribution is 5.85. The summed E-state index contributed by atoms with van der Waals surface area (Å²) in [5.74, 6) is 0.853. The SMILES string of the molecule is Cc1cc(C)nc(N(C)[C@@H]2CCCNC2)n1.Cl. The van der Waals surface area contributed by atoms with Crippen LogP contribution >= 0.6 is 12.4 Å². The van der Waals surface area contributed by atoms with Gasteiger partial charge in [-0.25, -0.2) is 9.97 Å². The number of nitrogens with one attached hydrogen (secondary N) is 1. The van der Waals surface area contributed by atoms with Crippen LogP contribution < -0.4 is 10.2 Å². The fraction of sp³-hybridized carbons (Fsp3) is 0.667. The Balaban J connectivity index is 0.00000144. The molecule has 1 aliphatic rings. The van der Waals surface area contributed by atoms with Crippen molar-refractivity contribution in [1.29, 1.82) is 0 Å². The second-order valence-corrected chi connectivity index (χ2v) is 4.56. The maximum absolute atomic E-state index is 4.50. The Bertz CT molecular complexity index is 343. The summed E-state index contributed by atoms with van der Waals surface area (Å²) >= 11 is 0. The molecule has 5 heteroatoms. The van der Waals surface area contributed by atoms with E-state index in [9.17, 15) is 0 Å². The number of anilines is 1. The van der Waals surface area contributed by atoms with Crippen LogP contribution in [-0.2, 0) is 0 Å². The van der Waals surface area contributed by atoms with Crippen molar-refractivity contribution < 1.29 is 0 Å². The zero-order chi connectivity index (χ0) is 11.5. The molecule has 96 valence electrons. The lowest BCUT2D eigenvalue weighted by Crippen LogP contribution is -2.45. The van der Waals surface area contributed by atoms with Gasteiger partial charge in [0, 0.05) is 31.0 Å². The summed E-state index contributed by atoms with van der Waals surface area (Å²) in [4.78, 5) is 11.2. The average Bonchev–Trinajstić information content (AvgIpc) is 2.28. The van der Waals surface area contributed by atoms with E-state index in [-0.39, 0.29) is 12.4 Å². The van der Waals surface area contributed by atoms with Crippen LogP contribution in [0.25, 0.3) is 0 Å². The normalized spacial score (nSPS) is 19.6. The summed E-state index contributed by atoms with van der Waals surface area (Å²) < 4.78 is 0. The first-order chi connectivity index (χ1) is 7.66. The quantitative estimate of drug-likeness (QED) is 0.875. The van der Waals surface area contributed by atoms with Crippen LogP contribution in [0.2, 0.25) is 0 Å². The van der Waals surface area contributed by atoms with Crippen LogP contribution in [0.15, 0.2) is 6.07 Å². The molecule has 1 aromatic rings. The lowest BCUT2D eigenvalue weighted by Gasteiger charge is -2.31. The molecule has 0 aliphatic carbocycles. The third kappa shape index (κ3) is 3.54. The molecule has 1 aliphatic heterocycles. The van der Waals surface area contributed by atoms with Gasteiger partial charge in [-0.2, -0.15) is 0 Å². The van der Waals surface area contributed by atoms with E-state index in [0.717, 1.165) is 30.4 Å². The maximum atomic E-state index is 4.50. The van der Waals surface area contributed by atoms with Gasteiger partial charge in [0.2, 0.25) is 5.95 Å². The largest absolute Gasteiger partial charge is 0.340 e. The van der Waals surface area contributed by atoms with Crippen LogP contribution in [0.1, 0.15) is 24.2 Å². The van der Waals surface area contributed by atoms with Crippen LogP contribution in [0.4, 0.5) is 5.95 Å². The molecule has 1 aromatic heterocycles. The van der Waals surface area contributed by atoms with Crippen LogP contribution in [-0.4, -0.2) is 36.1 Å². The number of aryl methyl sites for hydroxylation is 2. The number of aromatic nitrogens is 2. The lowest BCUT2D eigenvalue weighted by atomic mass is 10.1. The average molecular weight is 257 g/mol. The Hall–Kier alpha value is -0.870.